The zero-order chi connectivity index (χ0) is 12.0. The summed E-state index contributed by atoms with van der Waals surface area (Å²) >= 11 is 0. The molecule has 0 amide bonds. The predicted molar refractivity (Wildman–Crippen MR) is 67.1 cm³/mol. The van der Waals surface area contributed by atoms with Gasteiger partial charge < -0.3 is 5.32 Å². The fourth-order valence-electron chi connectivity index (χ4n) is 1.85. The summed E-state index contributed by atoms with van der Waals surface area (Å²) < 4.78 is 13.5. The van der Waals surface area contributed by atoms with E-state index in [9.17, 15) is 4.39 Å². The number of nitrogens with one attached hydrogen (secondary N) is 1. The van der Waals surface area contributed by atoms with Crippen LogP contribution >= 0.6 is 0 Å². The smallest absolute Gasteiger partial charge is 0.126 e. The number of unbranched alkanes of at least 4 members (excludes halogenated alkanes) is 1. The molecule has 0 aliphatic carbocycles. The number of halogens is 1. The van der Waals surface area contributed by atoms with Crippen LogP contribution in [0.3, 0.4) is 0 Å². The van der Waals surface area contributed by atoms with Gasteiger partial charge in [-0.05, 0) is 43.5 Å². The molecule has 1 atom stereocenters. The van der Waals surface area contributed by atoms with Crippen LogP contribution in [0, 0.1) is 5.82 Å². The van der Waals surface area contributed by atoms with Gasteiger partial charge in [0.2, 0.25) is 0 Å². The highest BCUT2D eigenvalue weighted by molar-refractivity contribution is 5.27. The van der Waals surface area contributed by atoms with Crippen LogP contribution in [0.2, 0.25) is 0 Å². The van der Waals surface area contributed by atoms with E-state index in [2.05, 4.69) is 26.1 Å². The Bertz CT molecular complexity index is 323. The Morgan fingerprint density at radius 3 is 2.69 bits per heavy atom. The molecule has 0 bridgehead atoms. The third-order valence-electron chi connectivity index (χ3n) is 2.88. The van der Waals surface area contributed by atoms with Crippen molar-refractivity contribution in [2.24, 2.45) is 0 Å². The Morgan fingerprint density at radius 2 is 2.06 bits per heavy atom. The Balaban J connectivity index is 2.80. The van der Waals surface area contributed by atoms with Gasteiger partial charge in [0.25, 0.3) is 0 Å². The summed E-state index contributed by atoms with van der Waals surface area (Å²) in [5.74, 6) is -0.0686. The summed E-state index contributed by atoms with van der Waals surface area (Å²) in [5, 5.41) is 3.34. The zero-order valence-corrected chi connectivity index (χ0v) is 10.5. The van der Waals surface area contributed by atoms with Crippen molar-refractivity contribution >= 4 is 0 Å². The van der Waals surface area contributed by atoms with E-state index in [0.717, 1.165) is 31.4 Å². The number of hydrogen-bond donors (Lipinski definition) is 1. The van der Waals surface area contributed by atoms with E-state index in [0.29, 0.717) is 6.04 Å². The summed E-state index contributed by atoms with van der Waals surface area (Å²) in [5.41, 5.74) is 2.03. The molecule has 0 saturated carbocycles. The molecule has 0 aromatic heterocycles. The Hall–Kier alpha value is -0.890. The van der Waals surface area contributed by atoms with E-state index in [1.165, 1.54) is 5.56 Å². The SMILES string of the molecule is CCCCc1cc(C(C)NCC)ccc1F. The molecular formula is C14H22FN. The molecule has 1 N–H and O–H groups in total. The molecular weight excluding hydrogens is 201 g/mol. The van der Waals surface area contributed by atoms with Crippen molar-refractivity contribution < 1.29 is 4.39 Å². The average Bonchev–Trinajstić information content (AvgIpc) is 2.28. The lowest BCUT2D eigenvalue weighted by molar-refractivity contribution is 0.581. The molecule has 1 nitrogen and oxygen atoms in total. The van der Waals surface area contributed by atoms with Gasteiger partial charge in [0, 0.05) is 6.04 Å². The summed E-state index contributed by atoms with van der Waals surface area (Å²) in [6, 6.07) is 5.76. The molecule has 0 radical (unpaired) electrons. The second kappa shape index (κ2) is 6.64. The highest BCUT2D eigenvalue weighted by Gasteiger charge is 2.07. The van der Waals surface area contributed by atoms with Gasteiger partial charge in [-0.25, -0.2) is 4.39 Å². The van der Waals surface area contributed by atoms with Crippen molar-refractivity contribution in [3.8, 4) is 0 Å². The topological polar surface area (TPSA) is 12.0 Å². The quantitative estimate of drug-likeness (QED) is 0.772. The lowest BCUT2D eigenvalue weighted by atomic mass is 10.0. The van der Waals surface area contributed by atoms with Crippen LogP contribution in [-0.4, -0.2) is 6.54 Å². The minimum atomic E-state index is -0.0686. The zero-order valence-electron chi connectivity index (χ0n) is 10.5. The van der Waals surface area contributed by atoms with Gasteiger partial charge >= 0.3 is 0 Å². The maximum Gasteiger partial charge on any atom is 0.126 e. The number of aryl methyl sites for hydroxylation is 1. The normalized spacial score (nSPS) is 12.8. The molecule has 16 heavy (non-hydrogen) atoms. The summed E-state index contributed by atoms with van der Waals surface area (Å²) in [4.78, 5) is 0. The van der Waals surface area contributed by atoms with Crippen molar-refractivity contribution in [3.63, 3.8) is 0 Å². The van der Waals surface area contributed by atoms with E-state index in [-0.39, 0.29) is 5.82 Å². The number of rotatable bonds is 6. The van der Waals surface area contributed by atoms with Crippen LogP contribution in [0.4, 0.5) is 4.39 Å². The van der Waals surface area contributed by atoms with Crippen LogP contribution in [0.5, 0.6) is 0 Å². The van der Waals surface area contributed by atoms with Gasteiger partial charge in [0.05, 0.1) is 0 Å². The number of hydrogen-bond acceptors (Lipinski definition) is 1. The van der Waals surface area contributed by atoms with Gasteiger partial charge in [-0.3, -0.25) is 0 Å². The largest absolute Gasteiger partial charge is 0.310 e. The van der Waals surface area contributed by atoms with E-state index < -0.39 is 0 Å². The molecule has 0 fully saturated rings. The molecule has 0 aliphatic rings. The van der Waals surface area contributed by atoms with Crippen molar-refractivity contribution in [1.82, 2.24) is 5.32 Å². The first-order chi connectivity index (χ1) is 7.69. The highest BCUT2D eigenvalue weighted by Crippen LogP contribution is 2.18. The second-order valence-electron chi connectivity index (χ2n) is 4.23. The molecule has 2 heteroatoms. The molecule has 0 heterocycles. The van der Waals surface area contributed by atoms with Gasteiger partial charge in [0.15, 0.2) is 0 Å². The van der Waals surface area contributed by atoms with Gasteiger partial charge in [-0.15, -0.1) is 0 Å². The maximum absolute atomic E-state index is 13.5. The molecule has 0 aliphatic heterocycles. The maximum atomic E-state index is 13.5. The second-order valence-corrected chi connectivity index (χ2v) is 4.23. The van der Waals surface area contributed by atoms with Crippen LogP contribution in [0.15, 0.2) is 18.2 Å². The van der Waals surface area contributed by atoms with Crippen LogP contribution in [0.1, 0.15) is 50.8 Å². The molecule has 1 aromatic carbocycles. The van der Waals surface area contributed by atoms with Crippen molar-refractivity contribution in [3.05, 3.63) is 35.1 Å². The first-order valence-corrected chi connectivity index (χ1v) is 6.20. The Labute approximate surface area is 98.1 Å². The van der Waals surface area contributed by atoms with E-state index in [1.807, 2.05) is 12.1 Å². The monoisotopic (exact) mass is 223 g/mol. The standard InChI is InChI=1S/C14H22FN/c1-4-6-7-13-10-12(8-9-14(13)15)11(3)16-5-2/h8-11,16H,4-7H2,1-3H3. The van der Waals surface area contributed by atoms with E-state index >= 15 is 0 Å². The van der Waals surface area contributed by atoms with E-state index in [1.54, 1.807) is 6.07 Å². The van der Waals surface area contributed by atoms with Crippen LogP contribution < -0.4 is 5.32 Å². The predicted octanol–water partition coefficient (Wildman–Crippen LogP) is 3.84. The number of benzene rings is 1. The van der Waals surface area contributed by atoms with Crippen molar-refractivity contribution in [1.29, 1.82) is 0 Å². The first kappa shape index (κ1) is 13.2. The first-order valence-electron chi connectivity index (χ1n) is 6.20. The molecule has 1 unspecified atom stereocenters. The fraction of sp³-hybridized carbons (Fsp3) is 0.571. The third-order valence-corrected chi connectivity index (χ3v) is 2.88. The summed E-state index contributed by atoms with van der Waals surface area (Å²) in [7, 11) is 0. The summed E-state index contributed by atoms with van der Waals surface area (Å²) in [6.45, 7) is 7.25. The Morgan fingerprint density at radius 1 is 1.31 bits per heavy atom. The minimum absolute atomic E-state index is 0.0686. The fourth-order valence-corrected chi connectivity index (χ4v) is 1.85. The highest BCUT2D eigenvalue weighted by atomic mass is 19.1. The average molecular weight is 223 g/mol. The van der Waals surface area contributed by atoms with Crippen LogP contribution in [-0.2, 0) is 6.42 Å². The van der Waals surface area contributed by atoms with Crippen molar-refractivity contribution in [2.45, 2.75) is 46.1 Å². The Kier molecular flexibility index (Phi) is 5.47. The van der Waals surface area contributed by atoms with Crippen LogP contribution in [0.25, 0.3) is 0 Å². The molecule has 0 spiro atoms. The molecule has 90 valence electrons. The minimum Gasteiger partial charge on any atom is -0.310 e. The lowest BCUT2D eigenvalue weighted by Crippen LogP contribution is -2.17. The molecule has 1 aromatic rings. The summed E-state index contributed by atoms with van der Waals surface area (Å²) in [6.07, 6.45) is 3.00. The molecule has 1 rings (SSSR count). The lowest BCUT2D eigenvalue weighted by Gasteiger charge is -2.14. The van der Waals surface area contributed by atoms with Crippen molar-refractivity contribution in [2.75, 3.05) is 6.54 Å². The molecule has 0 saturated heterocycles. The van der Waals surface area contributed by atoms with Gasteiger partial charge in [0.1, 0.15) is 5.82 Å². The third kappa shape index (κ3) is 3.60. The van der Waals surface area contributed by atoms with Gasteiger partial charge in [-0.1, -0.05) is 32.4 Å². The van der Waals surface area contributed by atoms with Gasteiger partial charge in [-0.2, -0.15) is 0 Å². The van der Waals surface area contributed by atoms with E-state index in [4.69, 9.17) is 0 Å².